The largest absolute Gasteiger partial charge is 0.227 e. The van der Waals surface area contributed by atoms with Gasteiger partial charge in [-0.15, -0.1) is 0 Å². The van der Waals surface area contributed by atoms with E-state index in [1.807, 2.05) is 12.1 Å². The van der Waals surface area contributed by atoms with Crippen LogP contribution in [-0.2, 0) is 18.4 Å². The summed E-state index contributed by atoms with van der Waals surface area (Å²) in [5.41, 5.74) is 2.08. The van der Waals surface area contributed by atoms with E-state index in [1.54, 1.807) is 12.1 Å². The quantitative estimate of drug-likeness (QED) is 0.154. The summed E-state index contributed by atoms with van der Waals surface area (Å²) in [4.78, 5) is 0. The number of fused-ring (bicyclic) bond motifs is 1. The molecule has 0 bridgehead atoms. The Morgan fingerprint density at radius 2 is 1.54 bits per heavy atom. The lowest BCUT2D eigenvalue weighted by Crippen LogP contribution is -2.37. The molecule has 1 atom stereocenters. The fourth-order valence-corrected chi connectivity index (χ4v) is 13.6. The number of aromatic nitrogens is 1. The highest BCUT2D eigenvalue weighted by Crippen LogP contribution is 2.50. The van der Waals surface area contributed by atoms with E-state index in [0.717, 1.165) is 5.56 Å². The van der Waals surface area contributed by atoms with Crippen LogP contribution < -0.4 is 20.2 Å². The van der Waals surface area contributed by atoms with Crippen LogP contribution in [-0.4, -0.2) is 0 Å². The lowest BCUT2D eigenvalue weighted by atomic mass is 10.2. The van der Waals surface area contributed by atoms with Gasteiger partial charge in [0.2, 0.25) is 5.25 Å². The summed E-state index contributed by atoms with van der Waals surface area (Å²) in [5, 5.41) is 5.15. The van der Waals surface area contributed by atoms with Crippen molar-refractivity contribution in [2.75, 3.05) is 0 Å². The zero-order chi connectivity index (χ0) is 24.4. The van der Waals surface area contributed by atoms with Crippen LogP contribution in [0.25, 0.3) is 11.3 Å². The molecule has 1 nitrogen and oxygen atoms in total. The molecule has 0 N–H and O–H groups in total. The smallest absolute Gasteiger partial charge is 0.206 e. The van der Waals surface area contributed by atoms with Gasteiger partial charge in [0, 0.05) is 19.0 Å². The van der Waals surface area contributed by atoms with Crippen LogP contribution in [0.4, 0.5) is 4.39 Å². The van der Waals surface area contributed by atoms with Gasteiger partial charge in [0.1, 0.15) is 5.82 Å². The number of nitrogens with zero attached hydrogens (tertiary/aromatic N) is 1. The molecule has 0 fully saturated rings. The van der Waals surface area contributed by atoms with Crippen molar-refractivity contribution in [3.8, 4) is 0 Å². The van der Waals surface area contributed by atoms with E-state index in [9.17, 15) is 4.39 Å². The molecular weight excluding hydrogens is 555 g/mol. The molecule has 0 amide bonds. The predicted octanol–water partition coefficient (Wildman–Crippen LogP) is 7.09. The zero-order valence-corrected chi connectivity index (χ0v) is 23.4. The summed E-state index contributed by atoms with van der Waals surface area (Å²) in [7, 11) is -0.677. The van der Waals surface area contributed by atoms with Gasteiger partial charge in [-0.2, -0.15) is 4.57 Å². The Morgan fingerprint density at radius 1 is 0.914 bits per heavy atom. The van der Waals surface area contributed by atoms with E-state index in [-0.39, 0.29) is 5.82 Å². The van der Waals surface area contributed by atoms with E-state index >= 15 is 0 Å². The molecule has 35 heavy (non-hydrogen) atoms. The highest BCUT2D eigenvalue weighted by molar-refractivity contribution is 9.10. The summed E-state index contributed by atoms with van der Waals surface area (Å²) in [6.07, 6.45) is 4.09. The van der Waals surface area contributed by atoms with Crippen molar-refractivity contribution in [3.63, 3.8) is 0 Å². The molecule has 0 saturated carbocycles. The molecule has 0 saturated heterocycles. The average Bonchev–Trinajstić information content (AvgIpc) is 3.18. The second kappa shape index (κ2) is 10.3. The van der Waals surface area contributed by atoms with Gasteiger partial charge in [-0.1, -0.05) is 96.7 Å². The molecule has 0 spiro atoms. The maximum Gasteiger partial charge on any atom is 0.227 e. The maximum atomic E-state index is 14.0. The van der Waals surface area contributed by atoms with Gasteiger partial charge in [0.25, 0.3) is 0 Å². The highest BCUT2D eigenvalue weighted by atomic mass is 79.9. The van der Waals surface area contributed by atoms with Gasteiger partial charge in [-0.05, 0) is 63.4 Å². The fraction of sp³-hybridized carbons (Fsp3) is 0.0690. The zero-order valence-electron chi connectivity index (χ0n) is 19.2. The summed E-state index contributed by atoms with van der Waals surface area (Å²) >= 11 is 9.94. The van der Waals surface area contributed by atoms with Gasteiger partial charge >= 0.3 is 0 Å². The number of rotatable bonds is 6. The van der Waals surface area contributed by atoms with Gasteiger partial charge in [-0.3, -0.25) is 0 Å². The topological polar surface area (TPSA) is 3.88 Å². The first kappa shape index (κ1) is 24.3. The summed E-state index contributed by atoms with van der Waals surface area (Å²) in [5.74, 6) is 2.08. The molecule has 5 rings (SSSR count). The second-order valence-electron chi connectivity index (χ2n) is 8.30. The Balaban J connectivity index is 1.67. The number of allylic oxidation sites excluding steroid dienone is 1. The third-order valence-corrected chi connectivity index (χ3v) is 15.7. The van der Waals surface area contributed by atoms with Gasteiger partial charge in [-0.25, -0.2) is 4.39 Å². The Morgan fingerprint density at radius 3 is 2.17 bits per heavy atom. The first-order chi connectivity index (χ1) is 17.0. The van der Waals surface area contributed by atoms with E-state index in [2.05, 4.69) is 118 Å². The van der Waals surface area contributed by atoms with Crippen LogP contribution in [0.1, 0.15) is 11.3 Å². The summed E-state index contributed by atoms with van der Waals surface area (Å²) < 4.78 is 16.8. The molecule has 174 valence electrons. The van der Waals surface area contributed by atoms with Crippen LogP contribution in [0.15, 0.2) is 113 Å². The molecule has 3 aromatic carbocycles. The third kappa shape index (κ3) is 4.61. The van der Waals surface area contributed by atoms with Crippen LogP contribution in [0, 0.1) is 12.7 Å². The SMILES string of the molecule is Cc1c(P(=S)(c2ccccc2)c2ccccc2)p2ccccc2[n+]1C/C=C/c1ccc(Br)c(F)c1. The average molecular weight is 579 g/mol. The molecule has 1 unspecified atom stereocenters. The summed E-state index contributed by atoms with van der Waals surface area (Å²) in [6.45, 7) is 2.92. The van der Waals surface area contributed by atoms with Crippen LogP contribution in [0.5, 0.6) is 0 Å². The van der Waals surface area contributed by atoms with Crippen LogP contribution >= 0.6 is 29.3 Å². The maximum absolute atomic E-state index is 14.0. The number of benzene rings is 3. The standard InChI is InChI=1S/C29H24BrFNP2S/c1-22-29(34(35,24-12-4-2-5-13-24)25-14-6-3-7-15-25)33-20-9-8-16-28(33)32(22)19-10-11-23-17-18-26(30)27(31)21-23/h2-18,20-21H,19H2,1H3/q+1/b11-10+. The minimum atomic E-state index is -2.24. The Hall–Kier alpha value is -2.35. The lowest BCUT2D eigenvalue weighted by molar-refractivity contribution is -0.663. The van der Waals surface area contributed by atoms with E-state index < -0.39 is 13.4 Å². The van der Waals surface area contributed by atoms with E-state index in [4.69, 9.17) is 11.8 Å². The number of halogens is 2. The molecule has 0 radical (unpaired) electrons. The minimum Gasteiger partial charge on any atom is -0.206 e. The third-order valence-electron chi connectivity index (χ3n) is 6.15. The molecule has 0 aliphatic heterocycles. The second-order valence-corrected chi connectivity index (χ2v) is 15.8. The molecule has 2 aromatic heterocycles. The first-order valence-electron chi connectivity index (χ1n) is 11.3. The molecule has 6 heteroatoms. The monoisotopic (exact) mass is 578 g/mol. The normalized spacial score (nSPS) is 12.5. The van der Waals surface area contributed by atoms with Crippen molar-refractivity contribution in [1.82, 2.24) is 0 Å². The van der Waals surface area contributed by atoms with Crippen LogP contribution in [0.3, 0.4) is 0 Å². The van der Waals surface area contributed by atoms with Gasteiger partial charge < -0.3 is 0 Å². The van der Waals surface area contributed by atoms with Crippen molar-refractivity contribution in [1.29, 1.82) is 0 Å². The minimum absolute atomic E-state index is 0.253. The predicted molar refractivity (Wildman–Crippen MR) is 156 cm³/mol. The molecule has 0 aliphatic carbocycles. The Labute approximate surface area is 220 Å². The molecular formula is C29H24BrFNP2S+. The first-order valence-corrected chi connectivity index (χ1v) is 16.3. The molecule has 0 aliphatic rings. The number of hydrogen-bond acceptors (Lipinski definition) is 1. The summed E-state index contributed by atoms with van der Waals surface area (Å²) in [6, 6.07) is 30.7. The number of hydrogen-bond donors (Lipinski definition) is 0. The molecule has 2 heterocycles. The Kier molecular flexibility index (Phi) is 7.19. The highest BCUT2D eigenvalue weighted by Gasteiger charge is 2.35. The Bertz CT molecular complexity index is 1540. The van der Waals surface area contributed by atoms with Crippen molar-refractivity contribution in [2.45, 2.75) is 13.5 Å². The lowest BCUT2D eigenvalue weighted by Gasteiger charge is -2.22. The van der Waals surface area contributed by atoms with Crippen molar-refractivity contribution < 1.29 is 8.96 Å². The van der Waals surface area contributed by atoms with E-state index in [0.29, 0.717) is 11.0 Å². The van der Waals surface area contributed by atoms with Gasteiger partial charge in [0.15, 0.2) is 12.2 Å². The molecule has 5 aromatic rings. The van der Waals surface area contributed by atoms with Gasteiger partial charge in [0.05, 0.1) is 9.51 Å². The van der Waals surface area contributed by atoms with Crippen LogP contribution in [0.2, 0.25) is 0 Å². The van der Waals surface area contributed by atoms with Crippen molar-refractivity contribution in [3.05, 3.63) is 130 Å². The van der Waals surface area contributed by atoms with Crippen molar-refractivity contribution in [2.24, 2.45) is 0 Å². The van der Waals surface area contributed by atoms with E-state index in [1.165, 1.54) is 26.6 Å². The van der Waals surface area contributed by atoms with Crippen molar-refractivity contribution >= 4 is 68.1 Å². The fourth-order valence-electron chi connectivity index (χ4n) is 4.49.